The van der Waals surface area contributed by atoms with E-state index in [4.69, 9.17) is 9.57 Å². The van der Waals surface area contributed by atoms with Gasteiger partial charge in [0.1, 0.15) is 5.60 Å². The fraction of sp³-hybridized carbons (Fsp3) is 0.889. The van der Waals surface area contributed by atoms with Gasteiger partial charge >= 0.3 is 6.09 Å². The topological polar surface area (TPSA) is 59.6 Å². The third-order valence-electron chi connectivity index (χ3n) is 1.23. The average Bonchev–Trinajstić information content (AvgIpc) is 2.00. The molecule has 5 nitrogen and oxygen atoms in total. The second-order valence-corrected chi connectivity index (χ2v) is 3.91. The van der Waals surface area contributed by atoms with Crippen LogP contribution in [0.5, 0.6) is 0 Å². The van der Waals surface area contributed by atoms with Gasteiger partial charge < -0.3 is 10.1 Å². The molecule has 2 N–H and O–H groups in total. The molecule has 14 heavy (non-hydrogen) atoms. The molecule has 0 radical (unpaired) electrons. The van der Waals surface area contributed by atoms with E-state index in [1.807, 2.05) is 7.05 Å². The number of hydroxylamine groups is 1. The minimum absolute atomic E-state index is 0.472. The van der Waals surface area contributed by atoms with Gasteiger partial charge in [-0.3, -0.25) is 4.84 Å². The third-order valence-corrected chi connectivity index (χ3v) is 1.23. The molecule has 0 aliphatic carbocycles. The molecule has 1 amide bonds. The number of ether oxygens (including phenoxy) is 1. The zero-order chi connectivity index (χ0) is 11.0. The third kappa shape index (κ3) is 9.28. The molecular weight excluding hydrogens is 184 g/mol. The monoisotopic (exact) mass is 204 g/mol. The lowest BCUT2D eigenvalue weighted by molar-refractivity contribution is -0.00808. The second-order valence-electron chi connectivity index (χ2n) is 3.91. The van der Waals surface area contributed by atoms with Crippen molar-refractivity contribution in [3.8, 4) is 0 Å². The molecule has 0 unspecified atom stereocenters. The number of hydrogen-bond donors (Lipinski definition) is 2. The first kappa shape index (κ1) is 13.2. The van der Waals surface area contributed by atoms with Crippen molar-refractivity contribution in [1.29, 1.82) is 0 Å². The summed E-state index contributed by atoms with van der Waals surface area (Å²) in [5.74, 6) is 0. The zero-order valence-corrected chi connectivity index (χ0v) is 9.35. The Morgan fingerprint density at radius 3 is 2.50 bits per heavy atom. The molecule has 0 bridgehead atoms. The van der Waals surface area contributed by atoms with E-state index in [0.717, 1.165) is 13.0 Å². The van der Waals surface area contributed by atoms with E-state index >= 15 is 0 Å². The standard InChI is InChI=1S/C9H20N2O3/c1-9(2,3)14-8(12)11-13-7-5-6-10-4/h10H,5-7H2,1-4H3,(H,11,12). The van der Waals surface area contributed by atoms with Crippen LogP contribution in [0.25, 0.3) is 0 Å². The molecule has 0 saturated heterocycles. The summed E-state index contributed by atoms with van der Waals surface area (Å²) >= 11 is 0. The van der Waals surface area contributed by atoms with Crippen LogP contribution in [-0.2, 0) is 9.57 Å². The summed E-state index contributed by atoms with van der Waals surface area (Å²) in [4.78, 5) is 15.9. The van der Waals surface area contributed by atoms with Crippen molar-refractivity contribution in [2.75, 3.05) is 20.2 Å². The number of carbonyl (C=O) groups is 1. The van der Waals surface area contributed by atoms with Crippen molar-refractivity contribution in [2.45, 2.75) is 32.8 Å². The van der Waals surface area contributed by atoms with E-state index in [1.165, 1.54) is 0 Å². The maximum absolute atomic E-state index is 11.0. The first-order valence-corrected chi connectivity index (χ1v) is 4.71. The van der Waals surface area contributed by atoms with Gasteiger partial charge in [-0.2, -0.15) is 5.48 Å². The second kappa shape index (κ2) is 6.62. The molecule has 0 atom stereocenters. The lowest BCUT2D eigenvalue weighted by Gasteiger charge is -2.19. The van der Waals surface area contributed by atoms with E-state index in [0.29, 0.717) is 6.61 Å². The van der Waals surface area contributed by atoms with Gasteiger partial charge in [0.15, 0.2) is 0 Å². The summed E-state index contributed by atoms with van der Waals surface area (Å²) in [7, 11) is 1.86. The van der Waals surface area contributed by atoms with Crippen LogP contribution in [0.3, 0.4) is 0 Å². The van der Waals surface area contributed by atoms with Gasteiger partial charge in [0.05, 0.1) is 6.61 Å². The Hall–Kier alpha value is -0.810. The molecule has 0 aliphatic rings. The summed E-state index contributed by atoms with van der Waals surface area (Å²) in [6.07, 6.45) is 0.286. The Morgan fingerprint density at radius 1 is 1.36 bits per heavy atom. The molecule has 0 saturated carbocycles. The van der Waals surface area contributed by atoms with Crippen LogP contribution >= 0.6 is 0 Å². The first-order chi connectivity index (χ1) is 6.45. The van der Waals surface area contributed by atoms with E-state index in [1.54, 1.807) is 20.8 Å². The quantitative estimate of drug-likeness (QED) is 0.519. The molecule has 0 aromatic carbocycles. The van der Waals surface area contributed by atoms with Gasteiger partial charge in [0, 0.05) is 0 Å². The Morgan fingerprint density at radius 2 is 2.00 bits per heavy atom. The number of rotatable bonds is 5. The predicted molar refractivity (Wildman–Crippen MR) is 53.9 cm³/mol. The average molecular weight is 204 g/mol. The number of hydrogen-bond acceptors (Lipinski definition) is 4. The van der Waals surface area contributed by atoms with Crippen LogP contribution in [0.15, 0.2) is 0 Å². The van der Waals surface area contributed by atoms with Crippen molar-refractivity contribution in [1.82, 2.24) is 10.8 Å². The molecule has 0 heterocycles. The zero-order valence-electron chi connectivity index (χ0n) is 9.35. The SMILES string of the molecule is CNCCCONC(=O)OC(C)(C)C. The Balaban J connectivity index is 3.36. The molecule has 0 rings (SSSR count). The van der Waals surface area contributed by atoms with E-state index in [9.17, 15) is 4.79 Å². The fourth-order valence-electron chi connectivity index (χ4n) is 0.730. The highest BCUT2D eigenvalue weighted by Crippen LogP contribution is 2.06. The Bertz CT molecular complexity index is 166. The highest BCUT2D eigenvalue weighted by molar-refractivity contribution is 5.66. The molecule has 0 aliphatic heterocycles. The van der Waals surface area contributed by atoms with Gasteiger partial charge in [-0.1, -0.05) is 0 Å². The lowest BCUT2D eigenvalue weighted by atomic mass is 10.2. The minimum atomic E-state index is -0.554. The Kier molecular flexibility index (Phi) is 6.23. The van der Waals surface area contributed by atoms with Gasteiger partial charge in [0.2, 0.25) is 0 Å². The summed E-state index contributed by atoms with van der Waals surface area (Å²) in [6.45, 7) is 6.73. The molecule has 0 spiro atoms. The number of carbonyl (C=O) groups excluding carboxylic acids is 1. The molecule has 0 aromatic rings. The van der Waals surface area contributed by atoms with Gasteiger partial charge in [0.25, 0.3) is 0 Å². The summed E-state index contributed by atoms with van der Waals surface area (Å²) < 4.78 is 4.95. The minimum Gasteiger partial charge on any atom is -0.442 e. The molecule has 84 valence electrons. The van der Waals surface area contributed by atoms with E-state index in [-0.39, 0.29) is 0 Å². The largest absolute Gasteiger partial charge is 0.442 e. The van der Waals surface area contributed by atoms with Crippen molar-refractivity contribution in [2.24, 2.45) is 0 Å². The molecule has 5 heteroatoms. The van der Waals surface area contributed by atoms with Gasteiger partial charge in [-0.15, -0.1) is 0 Å². The highest BCUT2D eigenvalue weighted by atomic mass is 16.7. The van der Waals surface area contributed by atoms with E-state index in [2.05, 4.69) is 10.8 Å². The van der Waals surface area contributed by atoms with Crippen LogP contribution in [-0.4, -0.2) is 31.9 Å². The van der Waals surface area contributed by atoms with Gasteiger partial charge in [-0.25, -0.2) is 4.79 Å². The highest BCUT2D eigenvalue weighted by Gasteiger charge is 2.15. The molecule has 0 aromatic heterocycles. The maximum Gasteiger partial charge on any atom is 0.431 e. The number of nitrogens with one attached hydrogen (secondary N) is 2. The van der Waals surface area contributed by atoms with Crippen molar-refractivity contribution >= 4 is 6.09 Å². The van der Waals surface area contributed by atoms with Crippen molar-refractivity contribution in [3.05, 3.63) is 0 Å². The van der Waals surface area contributed by atoms with Crippen molar-refractivity contribution in [3.63, 3.8) is 0 Å². The summed E-state index contributed by atoms with van der Waals surface area (Å²) in [5.41, 5.74) is 1.72. The van der Waals surface area contributed by atoms with Crippen LogP contribution in [0.4, 0.5) is 4.79 Å². The van der Waals surface area contributed by atoms with Crippen LogP contribution in [0, 0.1) is 0 Å². The molecular formula is C9H20N2O3. The lowest BCUT2D eigenvalue weighted by Crippen LogP contribution is -2.33. The maximum atomic E-state index is 11.0. The normalized spacial score (nSPS) is 11.1. The van der Waals surface area contributed by atoms with Gasteiger partial charge in [-0.05, 0) is 40.8 Å². The predicted octanol–water partition coefficient (Wildman–Crippen LogP) is 1.05. The van der Waals surface area contributed by atoms with Crippen LogP contribution in [0.1, 0.15) is 27.2 Å². The van der Waals surface area contributed by atoms with E-state index < -0.39 is 11.7 Å². The number of amides is 1. The first-order valence-electron chi connectivity index (χ1n) is 4.71. The smallest absolute Gasteiger partial charge is 0.431 e. The van der Waals surface area contributed by atoms with Crippen molar-refractivity contribution < 1.29 is 14.4 Å². The van der Waals surface area contributed by atoms with Crippen LogP contribution in [0.2, 0.25) is 0 Å². The fourth-order valence-corrected chi connectivity index (χ4v) is 0.730. The summed E-state index contributed by atoms with van der Waals surface area (Å²) in [6, 6.07) is 0. The molecule has 0 fully saturated rings. The van der Waals surface area contributed by atoms with Crippen LogP contribution < -0.4 is 10.8 Å². The Labute approximate surface area is 85.1 Å². The summed E-state index contributed by atoms with van der Waals surface area (Å²) in [5, 5.41) is 2.97.